The molecule has 1 amide bonds. The predicted molar refractivity (Wildman–Crippen MR) is 145 cm³/mol. The molecule has 3 heterocycles. The number of likely N-dealkylation sites (N-methyl/N-ethyl adjacent to an activating group) is 1. The number of hydrogen-bond donors (Lipinski definition) is 2. The van der Waals surface area contributed by atoms with Gasteiger partial charge in [-0.15, -0.1) is 10.2 Å². The number of aromatic amines is 1. The second-order valence-corrected chi connectivity index (χ2v) is 10.7. The maximum atomic E-state index is 14.2. The summed E-state index contributed by atoms with van der Waals surface area (Å²) in [6.07, 6.45) is 4.22. The van der Waals surface area contributed by atoms with E-state index < -0.39 is 11.4 Å². The minimum Gasteiger partial charge on any atom is -0.389 e. The Morgan fingerprint density at radius 3 is 2.62 bits per heavy atom. The summed E-state index contributed by atoms with van der Waals surface area (Å²) < 4.78 is 15.9. The van der Waals surface area contributed by atoms with Crippen LogP contribution in [0.5, 0.6) is 0 Å². The van der Waals surface area contributed by atoms with E-state index in [1.54, 1.807) is 28.6 Å². The summed E-state index contributed by atoms with van der Waals surface area (Å²) in [5.74, 6) is 0.179. The van der Waals surface area contributed by atoms with Gasteiger partial charge in [-0.05, 0) is 72.8 Å². The first-order chi connectivity index (χ1) is 18.7. The molecule has 2 aromatic carbocycles. The molecule has 1 fully saturated rings. The first kappa shape index (κ1) is 25.1. The van der Waals surface area contributed by atoms with Crippen LogP contribution >= 0.6 is 0 Å². The molecular formula is C29H29FN6O3. The third-order valence-corrected chi connectivity index (χ3v) is 7.65. The monoisotopic (exact) mass is 528 g/mol. The van der Waals surface area contributed by atoms with Crippen molar-refractivity contribution >= 4 is 11.7 Å². The normalized spacial score (nSPS) is 16.0. The number of H-pyrrole nitrogens is 1. The smallest absolute Gasteiger partial charge is 0.260 e. The molecule has 0 radical (unpaired) electrons. The molecule has 200 valence electrons. The molecule has 2 aromatic heterocycles. The molecule has 6 rings (SSSR count). The lowest BCUT2D eigenvalue weighted by molar-refractivity contribution is -0.0555. The number of anilines is 1. The summed E-state index contributed by atoms with van der Waals surface area (Å²) in [7, 11) is 3.73. The molecular weight excluding hydrogens is 499 g/mol. The van der Waals surface area contributed by atoms with Crippen molar-refractivity contribution in [1.82, 2.24) is 24.6 Å². The van der Waals surface area contributed by atoms with Gasteiger partial charge in [-0.2, -0.15) is 0 Å². The van der Waals surface area contributed by atoms with Gasteiger partial charge in [0.25, 0.3) is 5.91 Å². The molecule has 0 saturated heterocycles. The Morgan fingerprint density at radius 1 is 1.08 bits per heavy atom. The van der Waals surface area contributed by atoms with E-state index in [1.807, 2.05) is 25.2 Å². The van der Waals surface area contributed by atoms with Crippen molar-refractivity contribution in [3.05, 3.63) is 87.7 Å². The number of fused-ring (bicyclic) bond motifs is 1. The minimum atomic E-state index is -0.605. The number of halogens is 1. The van der Waals surface area contributed by atoms with Crippen LogP contribution in [0.4, 0.5) is 10.2 Å². The van der Waals surface area contributed by atoms with Crippen LogP contribution < -0.4 is 10.5 Å². The van der Waals surface area contributed by atoms with E-state index in [-0.39, 0.29) is 11.5 Å². The van der Waals surface area contributed by atoms with Gasteiger partial charge in [-0.3, -0.25) is 19.4 Å². The first-order valence-corrected chi connectivity index (χ1v) is 12.9. The Hall–Kier alpha value is -4.15. The van der Waals surface area contributed by atoms with Crippen LogP contribution in [0, 0.1) is 5.82 Å². The summed E-state index contributed by atoms with van der Waals surface area (Å²) in [4.78, 5) is 32.7. The van der Waals surface area contributed by atoms with Crippen LogP contribution in [0.15, 0.2) is 59.7 Å². The van der Waals surface area contributed by atoms with Gasteiger partial charge >= 0.3 is 0 Å². The zero-order valence-corrected chi connectivity index (χ0v) is 21.8. The van der Waals surface area contributed by atoms with Crippen molar-refractivity contribution in [1.29, 1.82) is 0 Å². The van der Waals surface area contributed by atoms with E-state index >= 15 is 0 Å². The lowest BCUT2D eigenvalue weighted by Crippen LogP contribution is -2.46. The third kappa shape index (κ3) is 4.77. The number of aryl methyl sites for hydroxylation is 1. The molecule has 2 N–H and O–H groups in total. The molecule has 4 aromatic rings. The summed E-state index contributed by atoms with van der Waals surface area (Å²) in [5, 5.41) is 18.5. The molecule has 1 aliphatic heterocycles. The van der Waals surface area contributed by atoms with Crippen molar-refractivity contribution in [3.8, 4) is 22.5 Å². The molecule has 0 bridgehead atoms. The SMILES string of the molecule is CN(Cc1ccc2c(c1)C(=O)N(c1cc(-c3ccc(F)cc3-c3nncn3C)cc(=O)[nH]1)C2)CC1(O)CCC1. The highest BCUT2D eigenvalue weighted by Crippen LogP contribution is 2.35. The third-order valence-electron chi connectivity index (χ3n) is 7.65. The van der Waals surface area contributed by atoms with Gasteiger partial charge in [0, 0.05) is 37.3 Å². The number of carbonyl (C=O) groups is 1. The van der Waals surface area contributed by atoms with E-state index in [1.165, 1.54) is 24.5 Å². The molecule has 0 spiro atoms. The number of nitrogens with one attached hydrogen (secondary N) is 1. The fraction of sp³-hybridized carbons (Fsp3) is 0.310. The lowest BCUT2D eigenvalue weighted by atomic mass is 9.80. The average molecular weight is 529 g/mol. The van der Waals surface area contributed by atoms with Gasteiger partial charge < -0.3 is 14.7 Å². The topological polar surface area (TPSA) is 107 Å². The molecule has 1 saturated carbocycles. The highest BCUT2D eigenvalue weighted by Gasteiger charge is 2.35. The second-order valence-electron chi connectivity index (χ2n) is 10.7. The number of benzene rings is 2. The minimum absolute atomic E-state index is 0.201. The number of rotatable bonds is 7. The van der Waals surface area contributed by atoms with Gasteiger partial charge in [-0.1, -0.05) is 18.2 Å². The van der Waals surface area contributed by atoms with Crippen LogP contribution in [-0.2, 0) is 20.1 Å². The second kappa shape index (κ2) is 9.55. The highest BCUT2D eigenvalue weighted by molar-refractivity contribution is 6.09. The van der Waals surface area contributed by atoms with Crippen molar-refractivity contribution in [2.45, 2.75) is 38.0 Å². The molecule has 0 unspecified atom stereocenters. The Balaban J connectivity index is 1.29. The lowest BCUT2D eigenvalue weighted by Gasteiger charge is -2.39. The Morgan fingerprint density at radius 2 is 1.90 bits per heavy atom. The van der Waals surface area contributed by atoms with E-state index in [4.69, 9.17) is 0 Å². The van der Waals surface area contributed by atoms with Crippen molar-refractivity contribution < 1.29 is 14.3 Å². The molecule has 10 heteroatoms. The van der Waals surface area contributed by atoms with Crippen LogP contribution in [0.2, 0.25) is 0 Å². The number of carbonyl (C=O) groups excluding carboxylic acids is 1. The Kier molecular flexibility index (Phi) is 6.16. The molecule has 1 aliphatic carbocycles. The molecule has 39 heavy (non-hydrogen) atoms. The van der Waals surface area contributed by atoms with E-state index in [2.05, 4.69) is 20.1 Å². The number of aliphatic hydroxyl groups is 1. The fourth-order valence-electron chi connectivity index (χ4n) is 5.56. The van der Waals surface area contributed by atoms with E-state index in [0.717, 1.165) is 30.4 Å². The van der Waals surface area contributed by atoms with Crippen LogP contribution in [0.25, 0.3) is 22.5 Å². The highest BCUT2D eigenvalue weighted by atomic mass is 19.1. The van der Waals surface area contributed by atoms with Crippen LogP contribution in [-0.4, -0.2) is 54.9 Å². The van der Waals surface area contributed by atoms with Gasteiger partial charge in [0.2, 0.25) is 5.56 Å². The van der Waals surface area contributed by atoms with Gasteiger partial charge in [-0.25, -0.2) is 4.39 Å². The Bertz CT molecular complexity index is 1640. The van der Waals surface area contributed by atoms with Crippen molar-refractivity contribution in [2.75, 3.05) is 18.5 Å². The standard InChI is InChI=1S/C29H29FN6O3/c1-34(16-29(39)8-3-9-29)14-18-4-5-19-15-36(28(38)23(19)10-18)25-11-20(12-26(37)32-25)22-7-6-21(30)13-24(22)27-33-31-17-35(27)2/h4-7,10-13,17,39H,3,8-9,14-16H2,1-2H3,(H,32,37). The zero-order chi connectivity index (χ0) is 27.3. The van der Waals surface area contributed by atoms with Crippen LogP contribution in [0.1, 0.15) is 40.7 Å². The number of amides is 1. The van der Waals surface area contributed by atoms with E-state index in [0.29, 0.717) is 53.5 Å². The van der Waals surface area contributed by atoms with Crippen molar-refractivity contribution in [3.63, 3.8) is 0 Å². The quantitative estimate of drug-likeness (QED) is 0.380. The van der Waals surface area contributed by atoms with Gasteiger partial charge in [0.15, 0.2) is 5.82 Å². The largest absolute Gasteiger partial charge is 0.389 e. The number of pyridine rings is 1. The number of aromatic nitrogens is 4. The number of hydrogen-bond acceptors (Lipinski definition) is 6. The van der Waals surface area contributed by atoms with Gasteiger partial charge in [0.1, 0.15) is 18.0 Å². The maximum Gasteiger partial charge on any atom is 0.260 e. The number of nitrogens with zero attached hydrogens (tertiary/aromatic N) is 5. The summed E-state index contributed by atoms with van der Waals surface area (Å²) in [6, 6.07) is 13.3. The van der Waals surface area contributed by atoms with Crippen molar-refractivity contribution in [2.24, 2.45) is 7.05 Å². The summed E-state index contributed by atoms with van der Waals surface area (Å²) in [5.41, 5.74) is 3.09. The summed E-state index contributed by atoms with van der Waals surface area (Å²) in [6.45, 7) is 1.53. The van der Waals surface area contributed by atoms with Gasteiger partial charge in [0.05, 0.1) is 12.1 Å². The predicted octanol–water partition coefficient (Wildman–Crippen LogP) is 3.48. The molecule has 0 atom stereocenters. The first-order valence-electron chi connectivity index (χ1n) is 12.9. The summed E-state index contributed by atoms with van der Waals surface area (Å²) >= 11 is 0. The van der Waals surface area contributed by atoms with Crippen LogP contribution in [0.3, 0.4) is 0 Å². The molecule has 2 aliphatic rings. The maximum absolute atomic E-state index is 14.2. The fourth-order valence-corrected chi connectivity index (χ4v) is 5.56. The Labute approximate surface area is 224 Å². The average Bonchev–Trinajstić information content (AvgIpc) is 3.45. The molecule has 9 nitrogen and oxygen atoms in total. The zero-order valence-electron chi connectivity index (χ0n) is 21.8. The van der Waals surface area contributed by atoms with E-state index in [9.17, 15) is 19.1 Å².